The summed E-state index contributed by atoms with van der Waals surface area (Å²) in [6.07, 6.45) is 5.83. The van der Waals surface area contributed by atoms with Gasteiger partial charge in [-0.1, -0.05) is 24.9 Å². The maximum atomic E-state index is 8.67. The molecule has 1 rings (SSSR count). The van der Waals surface area contributed by atoms with E-state index in [9.17, 15) is 0 Å². The van der Waals surface area contributed by atoms with E-state index in [1.807, 2.05) is 0 Å². The van der Waals surface area contributed by atoms with Crippen molar-refractivity contribution in [2.24, 2.45) is 10.9 Å². The van der Waals surface area contributed by atoms with Crippen molar-refractivity contribution in [3.05, 3.63) is 0 Å². The molecule has 0 spiro atoms. The molecule has 0 bridgehead atoms. The second kappa shape index (κ2) is 5.86. The lowest BCUT2D eigenvalue weighted by molar-refractivity contribution is 0.184. The number of hydrogen-bond donors (Lipinski definition) is 2. The maximum Gasteiger partial charge on any atom is 0.156 e. The predicted octanol–water partition coefficient (Wildman–Crippen LogP) is 1.39. The average Bonchev–Trinajstić information content (AvgIpc) is 2.25. The molecule has 1 unspecified atom stereocenters. The van der Waals surface area contributed by atoms with Crippen LogP contribution in [0.4, 0.5) is 0 Å². The second-order valence-corrected chi connectivity index (χ2v) is 3.93. The predicted molar refractivity (Wildman–Crippen MR) is 57.5 cm³/mol. The van der Waals surface area contributed by atoms with Gasteiger partial charge >= 0.3 is 0 Å². The van der Waals surface area contributed by atoms with Gasteiger partial charge in [-0.25, -0.2) is 0 Å². The summed E-state index contributed by atoms with van der Waals surface area (Å²) in [6.45, 7) is 4.33. The number of oxime groups is 1. The van der Waals surface area contributed by atoms with Crippen molar-refractivity contribution in [3.8, 4) is 0 Å². The van der Waals surface area contributed by atoms with E-state index in [2.05, 4.69) is 17.0 Å². The first kappa shape index (κ1) is 11.3. The Balaban J connectivity index is 2.50. The van der Waals surface area contributed by atoms with E-state index in [4.69, 9.17) is 10.9 Å². The molecule has 0 amide bonds. The van der Waals surface area contributed by atoms with E-state index in [-0.39, 0.29) is 6.04 Å². The van der Waals surface area contributed by atoms with Crippen LogP contribution in [-0.4, -0.2) is 35.1 Å². The molecule has 1 atom stereocenters. The lowest BCUT2D eigenvalue weighted by Crippen LogP contribution is -2.48. The fraction of sp³-hybridized carbons (Fsp3) is 0.900. The number of likely N-dealkylation sites (tertiary alicyclic amines) is 1. The summed E-state index contributed by atoms with van der Waals surface area (Å²) in [4.78, 5) is 2.34. The third kappa shape index (κ3) is 2.87. The second-order valence-electron chi connectivity index (χ2n) is 3.93. The molecule has 1 fully saturated rings. The van der Waals surface area contributed by atoms with Crippen molar-refractivity contribution in [2.45, 2.75) is 45.1 Å². The Labute approximate surface area is 85.8 Å². The monoisotopic (exact) mass is 199 g/mol. The number of amidine groups is 1. The van der Waals surface area contributed by atoms with E-state index >= 15 is 0 Å². The summed E-state index contributed by atoms with van der Waals surface area (Å²) < 4.78 is 0. The molecular weight excluding hydrogens is 178 g/mol. The Kier molecular flexibility index (Phi) is 4.73. The molecular formula is C10H21N3O. The minimum absolute atomic E-state index is 0.167. The van der Waals surface area contributed by atoms with Gasteiger partial charge < -0.3 is 10.9 Å². The maximum absolute atomic E-state index is 8.67. The molecule has 1 saturated heterocycles. The van der Waals surface area contributed by atoms with Gasteiger partial charge in [0.1, 0.15) is 0 Å². The van der Waals surface area contributed by atoms with Gasteiger partial charge in [0.15, 0.2) is 5.84 Å². The summed E-state index contributed by atoms with van der Waals surface area (Å²) in [6, 6.07) is 0.167. The highest BCUT2D eigenvalue weighted by atomic mass is 16.4. The molecule has 0 radical (unpaired) electrons. The molecule has 0 saturated carbocycles. The van der Waals surface area contributed by atoms with Gasteiger partial charge in [0.05, 0.1) is 6.04 Å². The zero-order chi connectivity index (χ0) is 10.4. The highest BCUT2D eigenvalue weighted by Gasteiger charge is 2.24. The van der Waals surface area contributed by atoms with E-state index in [0.29, 0.717) is 5.84 Å². The Morgan fingerprint density at radius 1 is 1.57 bits per heavy atom. The minimum Gasteiger partial charge on any atom is -0.409 e. The van der Waals surface area contributed by atoms with Gasteiger partial charge in [-0.2, -0.15) is 0 Å². The summed E-state index contributed by atoms with van der Waals surface area (Å²) in [5.41, 5.74) is 5.67. The first-order valence-electron chi connectivity index (χ1n) is 5.51. The number of nitrogens with two attached hydrogens (primary N) is 1. The van der Waals surface area contributed by atoms with Crippen molar-refractivity contribution < 1.29 is 5.21 Å². The third-order valence-corrected chi connectivity index (χ3v) is 2.87. The van der Waals surface area contributed by atoms with Crippen LogP contribution in [-0.2, 0) is 0 Å². The number of unbranched alkanes of at least 4 members (excludes halogenated alkanes) is 1. The molecule has 4 heteroatoms. The first-order valence-corrected chi connectivity index (χ1v) is 5.51. The van der Waals surface area contributed by atoms with Crippen LogP contribution in [0.15, 0.2) is 5.16 Å². The van der Waals surface area contributed by atoms with Gasteiger partial charge in [0.2, 0.25) is 0 Å². The lowest BCUT2D eigenvalue weighted by Gasteiger charge is -2.34. The van der Waals surface area contributed by atoms with Gasteiger partial charge in [0, 0.05) is 0 Å². The zero-order valence-corrected chi connectivity index (χ0v) is 8.95. The molecule has 1 aliphatic heterocycles. The molecule has 0 aromatic carbocycles. The average molecular weight is 199 g/mol. The molecule has 1 aliphatic rings. The summed E-state index contributed by atoms with van der Waals surface area (Å²) in [7, 11) is 0. The van der Waals surface area contributed by atoms with Gasteiger partial charge in [0.25, 0.3) is 0 Å². The highest BCUT2D eigenvalue weighted by Crippen LogP contribution is 2.17. The smallest absolute Gasteiger partial charge is 0.156 e. The fourth-order valence-corrected chi connectivity index (χ4v) is 2.02. The molecule has 4 nitrogen and oxygen atoms in total. The minimum atomic E-state index is 0.167. The van der Waals surface area contributed by atoms with Crippen LogP contribution in [0.5, 0.6) is 0 Å². The van der Waals surface area contributed by atoms with E-state index < -0.39 is 0 Å². The largest absolute Gasteiger partial charge is 0.409 e. The van der Waals surface area contributed by atoms with Crippen molar-refractivity contribution in [3.63, 3.8) is 0 Å². The molecule has 0 aromatic rings. The third-order valence-electron chi connectivity index (χ3n) is 2.87. The van der Waals surface area contributed by atoms with Crippen LogP contribution in [0.3, 0.4) is 0 Å². The Bertz CT molecular complexity index is 194. The first-order chi connectivity index (χ1) is 6.79. The summed E-state index contributed by atoms with van der Waals surface area (Å²) in [5, 5.41) is 11.8. The Morgan fingerprint density at radius 3 is 3.00 bits per heavy atom. The number of piperidine rings is 1. The SMILES string of the molecule is CCCCN1CCCCC1C(N)=NO. The van der Waals surface area contributed by atoms with Crippen LogP contribution in [0, 0.1) is 0 Å². The molecule has 0 aromatic heterocycles. The topological polar surface area (TPSA) is 61.8 Å². The van der Waals surface area contributed by atoms with Gasteiger partial charge in [-0.15, -0.1) is 0 Å². The van der Waals surface area contributed by atoms with Crippen LogP contribution in [0.1, 0.15) is 39.0 Å². The lowest BCUT2D eigenvalue weighted by atomic mass is 10.0. The normalized spacial score (nSPS) is 25.2. The molecule has 3 N–H and O–H groups in total. The van der Waals surface area contributed by atoms with Crippen LogP contribution < -0.4 is 5.73 Å². The standard InChI is InChI=1S/C10H21N3O/c1-2-3-7-13-8-5-4-6-9(13)10(11)12-14/h9,14H,2-8H2,1H3,(H2,11,12). The van der Waals surface area contributed by atoms with Crippen molar-refractivity contribution in [1.82, 2.24) is 4.90 Å². The van der Waals surface area contributed by atoms with E-state index in [1.54, 1.807) is 0 Å². The van der Waals surface area contributed by atoms with Crippen LogP contribution >= 0.6 is 0 Å². The van der Waals surface area contributed by atoms with Crippen LogP contribution in [0.25, 0.3) is 0 Å². The van der Waals surface area contributed by atoms with Crippen molar-refractivity contribution in [1.29, 1.82) is 0 Å². The summed E-state index contributed by atoms with van der Waals surface area (Å²) >= 11 is 0. The molecule has 1 heterocycles. The van der Waals surface area contributed by atoms with Gasteiger partial charge in [-0.05, 0) is 32.4 Å². The van der Waals surface area contributed by atoms with E-state index in [1.165, 1.54) is 25.7 Å². The number of rotatable bonds is 4. The van der Waals surface area contributed by atoms with Crippen molar-refractivity contribution in [2.75, 3.05) is 13.1 Å². The number of nitrogens with zero attached hydrogens (tertiary/aromatic N) is 2. The fourth-order valence-electron chi connectivity index (χ4n) is 2.02. The zero-order valence-electron chi connectivity index (χ0n) is 8.95. The van der Waals surface area contributed by atoms with Crippen molar-refractivity contribution >= 4 is 5.84 Å². The highest BCUT2D eigenvalue weighted by molar-refractivity contribution is 5.85. The summed E-state index contributed by atoms with van der Waals surface area (Å²) in [5.74, 6) is 0.376. The van der Waals surface area contributed by atoms with E-state index in [0.717, 1.165) is 19.5 Å². The molecule has 0 aliphatic carbocycles. The Hall–Kier alpha value is -0.770. The van der Waals surface area contributed by atoms with Gasteiger partial charge in [-0.3, -0.25) is 4.90 Å². The molecule has 14 heavy (non-hydrogen) atoms. The van der Waals surface area contributed by atoms with Crippen LogP contribution in [0.2, 0.25) is 0 Å². The molecule has 82 valence electrons. The quantitative estimate of drug-likeness (QED) is 0.311. The number of hydrogen-bond acceptors (Lipinski definition) is 3. The Morgan fingerprint density at radius 2 is 2.36 bits per heavy atom.